The highest BCUT2D eigenvalue weighted by atomic mass is 32.2. The number of amides is 1. The Balaban J connectivity index is 1.40. The third kappa shape index (κ3) is 8.08. The SMILES string of the molecule is COc1ccc(CCNC(=O)CCCCSc2nc(C)c(Cc3ccc(F)cc3)c(=O)n2C)cc1OC. The van der Waals surface area contributed by atoms with Crippen molar-refractivity contribution >= 4 is 17.7 Å². The maximum absolute atomic E-state index is 13.2. The number of methoxy groups -OCH3 is 2. The third-order valence-electron chi connectivity index (χ3n) is 6.06. The van der Waals surface area contributed by atoms with Gasteiger partial charge in [0.1, 0.15) is 5.82 Å². The fourth-order valence-electron chi connectivity index (χ4n) is 3.89. The largest absolute Gasteiger partial charge is 0.493 e. The van der Waals surface area contributed by atoms with E-state index in [1.807, 2.05) is 25.1 Å². The molecule has 0 saturated heterocycles. The molecule has 3 rings (SSSR count). The van der Waals surface area contributed by atoms with Crippen molar-refractivity contribution in [2.45, 2.75) is 44.2 Å². The first-order chi connectivity index (χ1) is 17.8. The lowest BCUT2D eigenvalue weighted by Gasteiger charge is -2.12. The molecule has 0 aliphatic carbocycles. The van der Waals surface area contributed by atoms with Gasteiger partial charge in [-0.25, -0.2) is 9.37 Å². The molecule has 0 aliphatic heterocycles. The Hall–Kier alpha value is -3.33. The highest BCUT2D eigenvalue weighted by Gasteiger charge is 2.13. The number of nitrogens with one attached hydrogen (secondary N) is 1. The van der Waals surface area contributed by atoms with Gasteiger partial charge in [0.15, 0.2) is 16.7 Å². The number of hydrogen-bond acceptors (Lipinski definition) is 6. The smallest absolute Gasteiger partial charge is 0.257 e. The Morgan fingerprint density at radius 2 is 1.76 bits per heavy atom. The average Bonchev–Trinajstić information content (AvgIpc) is 2.90. The Bertz CT molecular complexity index is 1260. The molecule has 0 aliphatic rings. The van der Waals surface area contributed by atoms with E-state index in [4.69, 9.17) is 9.47 Å². The van der Waals surface area contributed by atoms with Crippen LogP contribution in [0.2, 0.25) is 0 Å². The first-order valence-electron chi connectivity index (χ1n) is 12.2. The fourth-order valence-corrected chi connectivity index (χ4v) is 4.90. The number of hydrogen-bond donors (Lipinski definition) is 1. The number of unbranched alkanes of at least 4 members (excludes halogenated alkanes) is 1. The van der Waals surface area contributed by atoms with Gasteiger partial charge in [0.2, 0.25) is 5.91 Å². The summed E-state index contributed by atoms with van der Waals surface area (Å²) in [4.78, 5) is 29.7. The van der Waals surface area contributed by atoms with Gasteiger partial charge >= 0.3 is 0 Å². The van der Waals surface area contributed by atoms with Crippen LogP contribution in [0.25, 0.3) is 0 Å². The van der Waals surface area contributed by atoms with Gasteiger partial charge in [-0.05, 0) is 61.6 Å². The second-order valence-corrected chi connectivity index (χ2v) is 9.78. The second-order valence-electron chi connectivity index (χ2n) is 8.72. The van der Waals surface area contributed by atoms with Crippen LogP contribution in [0.5, 0.6) is 11.5 Å². The summed E-state index contributed by atoms with van der Waals surface area (Å²) in [6.45, 7) is 2.38. The van der Waals surface area contributed by atoms with Crippen LogP contribution in [-0.2, 0) is 24.7 Å². The average molecular weight is 528 g/mol. The molecule has 1 heterocycles. The van der Waals surface area contributed by atoms with Gasteiger partial charge in [-0.1, -0.05) is 30.0 Å². The molecular formula is C28H34FN3O4S. The van der Waals surface area contributed by atoms with E-state index in [0.717, 1.165) is 29.7 Å². The van der Waals surface area contributed by atoms with Crippen LogP contribution < -0.4 is 20.3 Å². The van der Waals surface area contributed by atoms with Crippen molar-refractivity contribution in [3.8, 4) is 11.5 Å². The van der Waals surface area contributed by atoms with E-state index in [0.29, 0.717) is 53.7 Å². The molecule has 2 aromatic carbocycles. The van der Waals surface area contributed by atoms with Crippen LogP contribution in [-0.4, -0.2) is 42.0 Å². The first kappa shape index (κ1) is 28.2. The molecule has 1 aromatic heterocycles. The maximum Gasteiger partial charge on any atom is 0.257 e. The Kier molecular flexibility index (Phi) is 10.6. The minimum Gasteiger partial charge on any atom is -0.493 e. The Morgan fingerprint density at radius 3 is 2.46 bits per heavy atom. The van der Waals surface area contributed by atoms with E-state index in [1.165, 1.54) is 23.9 Å². The second kappa shape index (κ2) is 13.8. The summed E-state index contributed by atoms with van der Waals surface area (Å²) in [5.41, 5.74) is 3.14. The molecule has 1 N–H and O–H groups in total. The van der Waals surface area contributed by atoms with Crippen molar-refractivity contribution in [1.29, 1.82) is 0 Å². The van der Waals surface area contributed by atoms with Crippen molar-refractivity contribution in [2.75, 3.05) is 26.5 Å². The van der Waals surface area contributed by atoms with Crippen LogP contribution in [0.1, 0.15) is 41.6 Å². The maximum atomic E-state index is 13.2. The van der Waals surface area contributed by atoms with Crippen LogP contribution in [0.3, 0.4) is 0 Å². The number of nitrogens with zero attached hydrogens (tertiary/aromatic N) is 2. The first-order valence-corrected chi connectivity index (χ1v) is 13.2. The zero-order chi connectivity index (χ0) is 26.8. The van der Waals surface area contributed by atoms with E-state index in [9.17, 15) is 14.0 Å². The number of aromatic nitrogens is 2. The summed E-state index contributed by atoms with van der Waals surface area (Å²) >= 11 is 1.51. The minimum atomic E-state index is -0.301. The van der Waals surface area contributed by atoms with Gasteiger partial charge in [0, 0.05) is 43.4 Å². The summed E-state index contributed by atoms with van der Waals surface area (Å²) in [5.74, 6) is 1.84. The van der Waals surface area contributed by atoms with Crippen LogP contribution >= 0.6 is 11.8 Å². The number of thioether (sulfide) groups is 1. The third-order valence-corrected chi connectivity index (χ3v) is 7.17. The highest BCUT2D eigenvalue weighted by molar-refractivity contribution is 7.99. The molecule has 0 atom stereocenters. The molecule has 0 spiro atoms. The van der Waals surface area contributed by atoms with Crippen molar-refractivity contribution in [3.05, 3.63) is 81.0 Å². The van der Waals surface area contributed by atoms with E-state index in [2.05, 4.69) is 10.3 Å². The van der Waals surface area contributed by atoms with Crippen molar-refractivity contribution in [2.24, 2.45) is 7.05 Å². The topological polar surface area (TPSA) is 82.5 Å². The summed E-state index contributed by atoms with van der Waals surface area (Å²) in [6.07, 6.45) is 3.16. The summed E-state index contributed by atoms with van der Waals surface area (Å²) in [7, 11) is 4.92. The number of rotatable bonds is 13. The van der Waals surface area contributed by atoms with E-state index in [1.54, 1.807) is 38.0 Å². The number of halogens is 1. The molecule has 0 radical (unpaired) electrons. The number of carbonyl (C=O) groups excluding carboxylic acids is 1. The molecule has 0 saturated carbocycles. The Morgan fingerprint density at radius 1 is 1.05 bits per heavy atom. The molecule has 37 heavy (non-hydrogen) atoms. The van der Waals surface area contributed by atoms with Crippen LogP contribution in [0.15, 0.2) is 52.4 Å². The molecule has 7 nitrogen and oxygen atoms in total. The number of benzene rings is 2. The summed E-state index contributed by atoms with van der Waals surface area (Å²) < 4.78 is 25.3. The van der Waals surface area contributed by atoms with Gasteiger partial charge in [0.05, 0.1) is 14.2 Å². The van der Waals surface area contributed by atoms with E-state index >= 15 is 0 Å². The number of ether oxygens (including phenoxy) is 2. The zero-order valence-corrected chi connectivity index (χ0v) is 22.6. The van der Waals surface area contributed by atoms with Crippen molar-refractivity contribution < 1.29 is 18.7 Å². The quantitative estimate of drug-likeness (QED) is 0.201. The molecule has 3 aromatic rings. The highest BCUT2D eigenvalue weighted by Crippen LogP contribution is 2.27. The normalized spacial score (nSPS) is 10.8. The standard InChI is InChI=1S/C28H34FN3O4S/c1-19-23(17-20-8-11-22(29)12-9-20)27(34)32(2)28(31-19)37-16-6-5-7-26(33)30-15-14-21-10-13-24(35-3)25(18-21)36-4/h8-13,18H,5-7,14-17H2,1-4H3,(H,30,33). The van der Waals surface area contributed by atoms with E-state index in [-0.39, 0.29) is 17.3 Å². The molecular weight excluding hydrogens is 493 g/mol. The minimum absolute atomic E-state index is 0.0250. The summed E-state index contributed by atoms with van der Waals surface area (Å²) in [5, 5.41) is 3.62. The van der Waals surface area contributed by atoms with Gasteiger partial charge in [-0.3, -0.25) is 14.2 Å². The van der Waals surface area contributed by atoms with Crippen molar-refractivity contribution in [1.82, 2.24) is 14.9 Å². The predicted molar refractivity (Wildman–Crippen MR) is 144 cm³/mol. The molecule has 0 fully saturated rings. The van der Waals surface area contributed by atoms with Gasteiger partial charge in [-0.2, -0.15) is 0 Å². The van der Waals surface area contributed by atoms with Crippen LogP contribution in [0, 0.1) is 12.7 Å². The van der Waals surface area contributed by atoms with Crippen LogP contribution in [0.4, 0.5) is 4.39 Å². The monoisotopic (exact) mass is 527 g/mol. The lowest BCUT2D eigenvalue weighted by Crippen LogP contribution is -2.26. The lowest BCUT2D eigenvalue weighted by molar-refractivity contribution is -0.121. The van der Waals surface area contributed by atoms with Gasteiger partial charge in [-0.15, -0.1) is 0 Å². The molecule has 1 amide bonds. The molecule has 0 unspecified atom stereocenters. The van der Waals surface area contributed by atoms with Gasteiger partial charge < -0.3 is 14.8 Å². The number of aryl methyl sites for hydroxylation is 1. The Labute approximate surface area is 221 Å². The molecule has 198 valence electrons. The predicted octanol–water partition coefficient (Wildman–Crippen LogP) is 4.46. The molecule has 9 heteroatoms. The van der Waals surface area contributed by atoms with Crippen molar-refractivity contribution in [3.63, 3.8) is 0 Å². The number of carbonyl (C=O) groups is 1. The molecule has 0 bridgehead atoms. The van der Waals surface area contributed by atoms with Gasteiger partial charge in [0.25, 0.3) is 5.56 Å². The lowest BCUT2D eigenvalue weighted by atomic mass is 10.1. The summed E-state index contributed by atoms with van der Waals surface area (Å²) in [6, 6.07) is 11.9. The zero-order valence-electron chi connectivity index (χ0n) is 21.8. The van der Waals surface area contributed by atoms with E-state index < -0.39 is 0 Å². The fraction of sp³-hybridized carbons (Fsp3) is 0.393.